The molecule has 23 heavy (non-hydrogen) atoms. The molecule has 0 saturated carbocycles. The molecule has 0 bridgehead atoms. The van der Waals surface area contributed by atoms with E-state index in [4.69, 9.17) is 0 Å². The number of halogens is 1. The number of anilines is 1. The Balaban J connectivity index is 1.70. The molecule has 0 radical (unpaired) electrons. The number of rotatable bonds is 4. The van der Waals surface area contributed by atoms with Crippen LogP contribution in [-0.2, 0) is 4.79 Å². The maximum absolute atomic E-state index is 12.2. The summed E-state index contributed by atoms with van der Waals surface area (Å²) in [4.78, 5) is 25.7. The highest BCUT2D eigenvalue weighted by Gasteiger charge is 2.21. The van der Waals surface area contributed by atoms with Crippen molar-refractivity contribution in [3.05, 3.63) is 70.2 Å². The lowest BCUT2D eigenvalue weighted by atomic mass is 10.1. The monoisotopic (exact) mass is 369 g/mol. The highest BCUT2D eigenvalue weighted by atomic mass is 79.9. The summed E-state index contributed by atoms with van der Waals surface area (Å²) < 4.78 is 1.01. The van der Waals surface area contributed by atoms with Crippen molar-refractivity contribution in [2.24, 2.45) is 0 Å². The first-order chi connectivity index (χ1) is 11.1. The topological polar surface area (TPSA) is 37.4 Å². The van der Waals surface area contributed by atoms with Crippen molar-refractivity contribution in [2.75, 3.05) is 11.4 Å². The van der Waals surface area contributed by atoms with Crippen LogP contribution in [0.25, 0.3) is 6.08 Å². The zero-order valence-electron chi connectivity index (χ0n) is 12.5. The van der Waals surface area contributed by atoms with Crippen molar-refractivity contribution in [1.82, 2.24) is 0 Å². The standard InChI is InChI=1S/C19H16BrNO2/c20-16-8-3-14(4-9-16)5-12-18(22)15-6-10-17(11-7-15)21-13-1-2-19(21)23/h3-12H,1-2,13H2/b12-5+. The lowest BCUT2D eigenvalue weighted by Gasteiger charge is -2.15. The molecule has 0 aromatic heterocycles. The van der Waals surface area contributed by atoms with Gasteiger partial charge in [0.1, 0.15) is 0 Å². The molecule has 0 unspecified atom stereocenters. The Morgan fingerprint density at radius 1 is 1.04 bits per heavy atom. The van der Waals surface area contributed by atoms with Crippen molar-refractivity contribution in [2.45, 2.75) is 12.8 Å². The number of carbonyl (C=O) groups is 2. The molecule has 1 saturated heterocycles. The van der Waals surface area contributed by atoms with E-state index in [-0.39, 0.29) is 11.7 Å². The molecule has 1 heterocycles. The maximum Gasteiger partial charge on any atom is 0.227 e. The van der Waals surface area contributed by atoms with Crippen LogP contribution in [0.5, 0.6) is 0 Å². The SMILES string of the molecule is O=C(/C=C/c1ccc(Br)cc1)c1ccc(N2CCCC2=O)cc1. The zero-order valence-corrected chi connectivity index (χ0v) is 14.1. The molecule has 0 aliphatic carbocycles. The minimum atomic E-state index is -0.0489. The smallest absolute Gasteiger partial charge is 0.227 e. The molecule has 3 rings (SSSR count). The van der Waals surface area contributed by atoms with Crippen LogP contribution in [0.15, 0.2) is 59.1 Å². The van der Waals surface area contributed by atoms with Crippen molar-refractivity contribution in [3.63, 3.8) is 0 Å². The molecular formula is C19H16BrNO2. The zero-order chi connectivity index (χ0) is 16.2. The second-order valence-corrected chi connectivity index (χ2v) is 6.36. The van der Waals surface area contributed by atoms with Gasteiger partial charge >= 0.3 is 0 Å². The first-order valence-electron chi connectivity index (χ1n) is 7.52. The molecule has 1 fully saturated rings. The van der Waals surface area contributed by atoms with Crippen LogP contribution in [-0.4, -0.2) is 18.2 Å². The minimum Gasteiger partial charge on any atom is -0.312 e. The van der Waals surface area contributed by atoms with Crippen molar-refractivity contribution >= 4 is 39.4 Å². The van der Waals surface area contributed by atoms with Gasteiger partial charge in [0.05, 0.1) is 0 Å². The third-order valence-electron chi connectivity index (χ3n) is 3.83. The number of hydrogen-bond donors (Lipinski definition) is 0. The lowest BCUT2D eigenvalue weighted by Crippen LogP contribution is -2.23. The van der Waals surface area contributed by atoms with Crippen LogP contribution in [0.3, 0.4) is 0 Å². The molecule has 1 aliphatic heterocycles. The predicted octanol–water partition coefficient (Wildman–Crippen LogP) is 4.47. The number of nitrogens with zero attached hydrogens (tertiary/aromatic N) is 1. The Kier molecular flexibility index (Phi) is 4.72. The summed E-state index contributed by atoms with van der Waals surface area (Å²) in [7, 11) is 0. The Morgan fingerprint density at radius 3 is 2.35 bits per heavy atom. The van der Waals surface area contributed by atoms with Gasteiger partial charge in [0.15, 0.2) is 5.78 Å². The van der Waals surface area contributed by atoms with Gasteiger partial charge < -0.3 is 4.90 Å². The summed E-state index contributed by atoms with van der Waals surface area (Å²) in [6.07, 6.45) is 4.87. The van der Waals surface area contributed by atoms with Crippen LogP contribution >= 0.6 is 15.9 Å². The van der Waals surface area contributed by atoms with E-state index < -0.39 is 0 Å². The predicted molar refractivity (Wildman–Crippen MR) is 95.5 cm³/mol. The van der Waals surface area contributed by atoms with Crippen molar-refractivity contribution in [3.8, 4) is 0 Å². The first-order valence-corrected chi connectivity index (χ1v) is 8.31. The minimum absolute atomic E-state index is 0.0489. The van der Waals surface area contributed by atoms with E-state index in [1.165, 1.54) is 0 Å². The van der Waals surface area contributed by atoms with Crippen LogP contribution in [0.1, 0.15) is 28.8 Å². The molecule has 3 nitrogen and oxygen atoms in total. The third kappa shape index (κ3) is 3.77. The second-order valence-electron chi connectivity index (χ2n) is 5.44. The molecule has 116 valence electrons. The van der Waals surface area contributed by atoms with E-state index >= 15 is 0 Å². The Hall–Kier alpha value is -2.20. The average molecular weight is 370 g/mol. The van der Waals surface area contributed by atoms with E-state index in [9.17, 15) is 9.59 Å². The van der Waals surface area contributed by atoms with Gasteiger partial charge in [0.2, 0.25) is 5.91 Å². The molecule has 1 amide bonds. The quantitative estimate of drug-likeness (QED) is 0.588. The van der Waals surface area contributed by atoms with Crippen LogP contribution < -0.4 is 4.90 Å². The van der Waals surface area contributed by atoms with Gasteiger partial charge in [-0.2, -0.15) is 0 Å². The van der Waals surface area contributed by atoms with E-state index in [1.54, 1.807) is 29.2 Å². The van der Waals surface area contributed by atoms with Crippen LogP contribution in [0.2, 0.25) is 0 Å². The molecule has 2 aromatic rings. The fourth-order valence-electron chi connectivity index (χ4n) is 2.57. The molecule has 0 N–H and O–H groups in total. The molecule has 0 atom stereocenters. The molecular weight excluding hydrogens is 354 g/mol. The number of carbonyl (C=O) groups excluding carboxylic acids is 2. The number of benzene rings is 2. The molecule has 1 aliphatic rings. The van der Waals surface area contributed by atoms with Crippen LogP contribution in [0, 0.1) is 0 Å². The Bertz CT molecular complexity index is 748. The van der Waals surface area contributed by atoms with Gasteiger partial charge in [-0.3, -0.25) is 9.59 Å². The van der Waals surface area contributed by atoms with E-state index in [0.717, 1.165) is 28.7 Å². The molecule has 0 spiro atoms. The van der Waals surface area contributed by atoms with Crippen molar-refractivity contribution < 1.29 is 9.59 Å². The summed E-state index contributed by atoms with van der Waals surface area (Å²) >= 11 is 3.38. The fourth-order valence-corrected chi connectivity index (χ4v) is 2.83. The first kappa shape index (κ1) is 15.7. The largest absolute Gasteiger partial charge is 0.312 e. The highest BCUT2D eigenvalue weighted by molar-refractivity contribution is 9.10. The lowest BCUT2D eigenvalue weighted by molar-refractivity contribution is -0.117. The van der Waals surface area contributed by atoms with E-state index in [0.29, 0.717) is 12.0 Å². The molecule has 2 aromatic carbocycles. The van der Waals surface area contributed by atoms with Gasteiger partial charge in [-0.05, 0) is 54.5 Å². The van der Waals surface area contributed by atoms with Crippen LogP contribution in [0.4, 0.5) is 5.69 Å². The second kappa shape index (κ2) is 6.92. The third-order valence-corrected chi connectivity index (χ3v) is 4.36. The normalized spacial score (nSPS) is 14.7. The number of hydrogen-bond acceptors (Lipinski definition) is 2. The summed E-state index contributed by atoms with van der Waals surface area (Å²) in [5.74, 6) is 0.103. The number of amides is 1. The number of ketones is 1. The summed E-state index contributed by atoms with van der Waals surface area (Å²) in [6.45, 7) is 0.760. The summed E-state index contributed by atoms with van der Waals surface area (Å²) in [5, 5.41) is 0. The van der Waals surface area contributed by atoms with E-state index in [1.807, 2.05) is 36.4 Å². The highest BCUT2D eigenvalue weighted by Crippen LogP contribution is 2.22. The molecule has 4 heteroatoms. The van der Waals surface area contributed by atoms with Gasteiger partial charge in [0, 0.05) is 28.7 Å². The average Bonchev–Trinajstić information content (AvgIpc) is 3.00. The van der Waals surface area contributed by atoms with Gasteiger partial charge in [-0.1, -0.05) is 34.1 Å². The fraction of sp³-hybridized carbons (Fsp3) is 0.158. The van der Waals surface area contributed by atoms with Crippen molar-refractivity contribution in [1.29, 1.82) is 0 Å². The van der Waals surface area contributed by atoms with Gasteiger partial charge in [0.25, 0.3) is 0 Å². The summed E-state index contributed by atoms with van der Waals surface area (Å²) in [6, 6.07) is 15.0. The van der Waals surface area contributed by atoms with Gasteiger partial charge in [-0.15, -0.1) is 0 Å². The number of allylic oxidation sites excluding steroid dienone is 1. The maximum atomic E-state index is 12.2. The van der Waals surface area contributed by atoms with Gasteiger partial charge in [-0.25, -0.2) is 0 Å². The Morgan fingerprint density at radius 2 is 1.74 bits per heavy atom. The summed E-state index contributed by atoms with van der Waals surface area (Å²) in [5.41, 5.74) is 2.45. The Labute approximate surface area is 143 Å². The van der Waals surface area contributed by atoms with E-state index in [2.05, 4.69) is 15.9 Å².